The number of anilines is 1. The molecular weight excluding hydrogens is 302 g/mol. The summed E-state index contributed by atoms with van der Waals surface area (Å²) in [6.45, 7) is 5.70. The largest absolute Gasteiger partial charge is 0.349 e. The van der Waals surface area contributed by atoms with E-state index in [1.165, 1.54) is 0 Å². The highest BCUT2D eigenvalue weighted by Gasteiger charge is 2.24. The minimum atomic E-state index is -3.43. The van der Waals surface area contributed by atoms with Gasteiger partial charge in [0.15, 0.2) is 0 Å². The van der Waals surface area contributed by atoms with Crippen LogP contribution in [0.5, 0.6) is 0 Å². The van der Waals surface area contributed by atoms with E-state index < -0.39 is 10.0 Å². The van der Waals surface area contributed by atoms with Gasteiger partial charge in [-0.25, -0.2) is 8.42 Å². The van der Waals surface area contributed by atoms with Crippen molar-refractivity contribution in [3.63, 3.8) is 0 Å². The molecule has 2 atom stereocenters. The fraction of sp³-hybridized carbons (Fsp3) is 0.533. The normalized spacial score (nSPS) is 22.1. The number of sulfonamides is 1. The number of carbonyl (C=O) groups is 1. The van der Waals surface area contributed by atoms with E-state index in [1.54, 1.807) is 18.2 Å². The first-order valence-corrected chi connectivity index (χ1v) is 9.25. The first-order valence-electron chi connectivity index (χ1n) is 7.36. The zero-order valence-electron chi connectivity index (χ0n) is 13.1. The van der Waals surface area contributed by atoms with Gasteiger partial charge in [-0.1, -0.05) is 18.6 Å². The van der Waals surface area contributed by atoms with Crippen LogP contribution in [0.25, 0.3) is 0 Å². The van der Waals surface area contributed by atoms with E-state index in [0.29, 0.717) is 17.2 Å². The SMILES string of the molecule is Cc1ccc(NS(C)(=O)=O)c(C(=O)NC2CCNCC2C)c1. The van der Waals surface area contributed by atoms with Gasteiger partial charge < -0.3 is 10.6 Å². The molecule has 2 rings (SSSR count). The Labute approximate surface area is 131 Å². The molecule has 3 N–H and O–H groups in total. The average molecular weight is 325 g/mol. The van der Waals surface area contributed by atoms with E-state index in [0.717, 1.165) is 31.3 Å². The van der Waals surface area contributed by atoms with Crippen molar-refractivity contribution in [3.8, 4) is 0 Å². The van der Waals surface area contributed by atoms with E-state index in [4.69, 9.17) is 0 Å². The lowest BCUT2D eigenvalue weighted by molar-refractivity contribution is 0.0915. The Morgan fingerprint density at radius 3 is 2.73 bits per heavy atom. The zero-order chi connectivity index (χ0) is 16.3. The van der Waals surface area contributed by atoms with Crippen LogP contribution >= 0.6 is 0 Å². The number of piperidine rings is 1. The predicted octanol–water partition coefficient (Wildman–Crippen LogP) is 1.09. The van der Waals surface area contributed by atoms with Crippen molar-refractivity contribution in [1.82, 2.24) is 10.6 Å². The lowest BCUT2D eigenvalue weighted by atomic mass is 9.95. The minimum absolute atomic E-state index is 0.0975. The summed E-state index contributed by atoms with van der Waals surface area (Å²) in [7, 11) is -3.43. The molecule has 0 radical (unpaired) electrons. The molecule has 1 aliphatic heterocycles. The highest BCUT2D eigenvalue weighted by atomic mass is 32.2. The topological polar surface area (TPSA) is 87.3 Å². The summed E-state index contributed by atoms with van der Waals surface area (Å²) in [5.74, 6) is 0.0995. The second kappa shape index (κ2) is 6.66. The van der Waals surface area contributed by atoms with E-state index in [9.17, 15) is 13.2 Å². The summed E-state index contributed by atoms with van der Waals surface area (Å²) < 4.78 is 25.3. The quantitative estimate of drug-likeness (QED) is 0.773. The first kappa shape index (κ1) is 16.8. The molecule has 0 aromatic heterocycles. The zero-order valence-corrected chi connectivity index (χ0v) is 14.0. The number of aryl methyl sites for hydroxylation is 1. The molecule has 1 aromatic rings. The van der Waals surface area contributed by atoms with Crippen molar-refractivity contribution in [3.05, 3.63) is 29.3 Å². The summed E-state index contributed by atoms with van der Waals surface area (Å²) in [5, 5.41) is 6.31. The maximum Gasteiger partial charge on any atom is 0.253 e. The molecule has 2 unspecified atom stereocenters. The third kappa shape index (κ3) is 4.45. The van der Waals surface area contributed by atoms with Gasteiger partial charge in [-0.05, 0) is 44.5 Å². The smallest absolute Gasteiger partial charge is 0.253 e. The number of rotatable bonds is 4. The summed E-state index contributed by atoms with van der Waals surface area (Å²) in [4.78, 5) is 12.6. The summed E-state index contributed by atoms with van der Waals surface area (Å²) in [6.07, 6.45) is 1.94. The average Bonchev–Trinajstić information content (AvgIpc) is 2.42. The first-order chi connectivity index (χ1) is 10.3. The molecule has 1 fully saturated rings. The molecule has 22 heavy (non-hydrogen) atoms. The molecule has 1 aliphatic rings. The molecule has 6 nitrogen and oxygen atoms in total. The highest BCUT2D eigenvalue weighted by Crippen LogP contribution is 2.20. The van der Waals surface area contributed by atoms with Crippen molar-refractivity contribution in [2.45, 2.75) is 26.3 Å². The van der Waals surface area contributed by atoms with Gasteiger partial charge in [0.05, 0.1) is 17.5 Å². The standard InChI is InChI=1S/C15H23N3O3S/c1-10-4-5-14(18-22(3,20)21)12(8-10)15(19)17-13-6-7-16-9-11(13)2/h4-5,8,11,13,16,18H,6-7,9H2,1-3H3,(H,17,19). The summed E-state index contributed by atoms with van der Waals surface area (Å²) in [5.41, 5.74) is 1.57. The number of benzene rings is 1. The molecule has 1 amide bonds. The molecule has 7 heteroatoms. The molecular formula is C15H23N3O3S. The Bertz CT molecular complexity index is 658. The van der Waals surface area contributed by atoms with Gasteiger partial charge in [0.2, 0.25) is 10.0 Å². The Balaban J connectivity index is 2.22. The molecule has 122 valence electrons. The van der Waals surface area contributed by atoms with Crippen LogP contribution in [-0.2, 0) is 10.0 Å². The molecule has 1 heterocycles. The Hall–Kier alpha value is -1.60. The van der Waals surface area contributed by atoms with Crippen molar-refractivity contribution in [2.75, 3.05) is 24.1 Å². The van der Waals surface area contributed by atoms with Crippen LogP contribution in [0, 0.1) is 12.8 Å². The van der Waals surface area contributed by atoms with Gasteiger partial charge in [0.1, 0.15) is 0 Å². The lowest BCUT2D eigenvalue weighted by Crippen LogP contribution is -2.48. The van der Waals surface area contributed by atoms with Crippen LogP contribution in [0.4, 0.5) is 5.69 Å². The van der Waals surface area contributed by atoms with Crippen molar-refractivity contribution in [2.24, 2.45) is 5.92 Å². The molecule has 1 aromatic carbocycles. The monoisotopic (exact) mass is 325 g/mol. The number of nitrogens with one attached hydrogen (secondary N) is 3. The lowest BCUT2D eigenvalue weighted by Gasteiger charge is -2.30. The van der Waals surface area contributed by atoms with E-state index in [-0.39, 0.29) is 11.9 Å². The molecule has 0 spiro atoms. The van der Waals surface area contributed by atoms with Crippen LogP contribution in [0.3, 0.4) is 0 Å². The number of hydrogen-bond acceptors (Lipinski definition) is 4. The maximum atomic E-state index is 12.6. The Kier molecular flexibility index (Phi) is 5.08. The van der Waals surface area contributed by atoms with Crippen molar-refractivity contribution in [1.29, 1.82) is 0 Å². The van der Waals surface area contributed by atoms with Gasteiger partial charge in [-0.2, -0.15) is 0 Å². The van der Waals surface area contributed by atoms with Crippen LogP contribution in [-0.4, -0.2) is 39.7 Å². The molecule has 0 saturated carbocycles. The molecule has 0 bridgehead atoms. The predicted molar refractivity (Wildman–Crippen MR) is 87.6 cm³/mol. The van der Waals surface area contributed by atoms with Crippen LogP contribution in [0.1, 0.15) is 29.3 Å². The van der Waals surface area contributed by atoms with Crippen LogP contribution in [0.2, 0.25) is 0 Å². The third-order valence-corrected chi connectivity index (χ3v) is 4.41. The van der Waals surface area contributed by atoms with Crippen LogP contribution < -0.4 is 15.4 Å². The van der Waals surface area contributed by atoms with E-state index >= 15 is 0 Å². The fourth-order valence-electron chi connectivity index (χ4n) is 2.61. The Morgan fingerprint density at radius 2 is 2.09 bits per heavy atom. The minimum Gasteiger partial charge on any atom is -0.349 e. The molecule has 0 aliphatic carbocycles. The van der Waals surface area contributed by atoms with Gasteiger partial charge in [-0.3, -0.25) is 9.52 Å². The molecule has 1 saturated heterocycles. The second-order valence-electron chi connectivity index (χ2n) is 5.97. The van der Waals surface area contributed by atoms with Gasteiger partial charge >= 0.3 is 0 Å². The number of amides is 1. The second-order valence-corrected chi connectivity index (χ2v) is 7.72. The summed E-state index contributed by atoms with van der Waals surface area (Å²) in [6, 6.07) is 5.20. The van der Waals surface area contributed by atoms with Crippen molar-refractivity contribution >= 4 is 21.6 Å². The van der Waals surface area contributed by atoms with E-state index in [2.05, 4.69) is 22.3 Å². The maximum absolute atomic E-state index is 12.6. The third-order valence-electron chi connectivity index (χ3n) is 3.82. The number of hydrogen-bond donors (Lipinski definition) is 3. The van der Waals surface area contributed by atoms with Crippen LogP contribution in [0.15, 0.2) is 18.2 Å². The number of carbonyl (C=O) groups excluding carboxylic acids is 1. The summed E-state index contributed by atoms with van der Waals surface area (Å²) >= 11 is 0. The highest BCUT2D eigenvalue weighted by molar-refractivity contribution is 7.92. The van der Waals surface area contributed by atoms with Crippen molar-refractivity contribution < 1.29 is 13.2 Å². The van der Waals surface area contributed by atoms with Gasteiger partial charge in [-0.15, -0.1) is 0 Å². The van der Waals surface area contributed by atoms with E-state index in [1.807, 2.05) is 6.92 Å². The van der Waals surface area contributed by atoms with Gasteiger partial charge in [0.25, 0.3) is 5.91 Å². The fourth-order valence-corrected chi connectivity index (χ4v) is 3.19. The van der Waals surface area contributed by atoms with Gasteiger partial charge in [0, 0.05) is 6.04 Å². The Morgan fingerprint density at radius 1 is 1.36 bits per heavy atom.